The molecule has 7 heteroatoms. The summed E-state index contributed by atoms with van der Waals surface area (Å²) in [7, 11) is 1.73. The molecule has 0 radical (unpaired) electrons. The molecule has 1 aromatic rings. The van der Waals surface area contributed by atoms with Crippen molar-refractivity contribution in [1.82, 2.24) is 4.90 Å². The first-order valence-electron chi connectivity index (χ1n) is 6.56. The molecule has 1 aliphatic heterocycles. The summed E-state index contributed by atoms with van der Waals surface area (Å²) in [5, 5.41) is 0.978. The van der Waals surface area contributed by atoms with Gasteiger partial charge in [0.1, 0.15) is 6.10 Å². The first kappa shape index (κ1) is 18.5. The minimum atomic E-state index is -0.397. The van der Waals surface area contributed by atoms with Crippen molar-refractivity contribution in [3.63, 3.8) is 0 Å². The Labute approximate surface area is 140 Å². The lowest BCUT2D eigenvalue weighted by Gasteiger charge is -2.22. The number of rotatable bonds is 4. The average molecular weight is 354 g/mol. The van der Waals surface area contributed by atoms with Crippen molar-refractivity contribution < 1.29 is 9.53 Å². The lowest BCUT2D eigenvalue weighted by atomic mass is 10.1. The normalized spacial score (nSPS) is 21.0. The Kier molecular flexibility index (Phi) is 7.24. The number of benzene rings is 1. The monoisotopic (exact) mass is 352 g/mol. The SMILES string of the molecule is CN(Cc1cccc(Cl)c1Cl)C(=O)[C@@H]1CC[C@H](CN)O1.Cl. The molecule has 2 rings (SSSR count). The third-order valence-electron chi connectivity index (χ3n) is 3.46. The van der Waals surface area contributed by atoms with E-state index >= 15 is 0 Å². The molecule has 0 bridgehead atoms. The highest BCUT2D eigenvalue weighted by molar-refractivity contribution is 6.42. The number of carbonyl (C=O) groups excluding carboxylic acids is 1. The molecule has 1 aromatic carbocycles. The molecule has 1 saturated heterocycles. The standard InChI is InChI=1S/C14H18Cl2N2O2.ClH/c1-18(8-9-3-2-4-11(15)13(9)16)14(19)12-6-5-10(7-17)20-12;/h2-4,10,12H,5-8,17H2,1H3;1H/t10-,12+;/m1./s1. The number of amides is 1. The molecule has 2 N–H and O–H groups in total. The summed E-state index contributed by atoms with van der Waals surface area (Å²) in [5.41, 5.74) is 6.37. The highest BCUT2D eigenvalue weighted by atomic mass is 35.5. The summed E-state index contributed by atoms with van der Waals surface area (Å²) >= 11 is 12.1. The molecule has 0 aliphatic carbocycles. The van der Waals surface area contributed by atoms with Crippen molar-refractivity contribution in [2.45, 2.75) is 31.6 Å². The third-order valence-corrected chi connectivity index (χ3v) is 4.32. The molecule has 0 spiro atoms. The zero-order chi connectivity index (χ0) is 14.7. The largest absolute Gasteiger partial charge is 0.364 e. The van der Waals surface area contributed by atoms with Gasteiger partial charge in [-0.15, -0.1) is 12.4 Å². The molecule has 21 heavy (non-hydrogen) atoms. The average Bonchev–Trinajstić information content (AvgIpc) is 2.91. The fourth-order valence-corrected chi connectivity index (χ4v) is 2.69. The second-order valence-corrected chi connectivity index (χ2v) is 5.75. The van der Waals surface area contributed by atoms with Crippen LogP contribution in [0.15, 0.2) is 18.2 Å². The Hall–Kier alpha value is -0.520. The molecule has 0 aromatic heterocycles. The molecule has 1 amide bonds. The summed E-state index contributed by atoms with van der Waals surface area (Å²) in [6.07, 6.45) is 1.14. The predicted octanol–water partition coefficient (Wildman–Crippen LogP) is 2.88. The summed E-state index contributed by atoms with van der Waals surface area (Å²) in [4.78, 5) is 13.9. The lowest BCUT2D eigenvalue weighted by molar-refractivity contribution is -0.141. The van der Waals surface area contributed by atoms with Gasteiger partial charge in [-0.3, -0.25) is 4.79 Å². The number of carbonyl (C=O) groups is 1. The van der Waals surface area contributed by atoms with E-state index in [0.717, 1.165) is 12.0 Å². The van der Waals surface area contributed by atoms with Gasteiger partial charge in [0.25, 0.3) is 5.91 Å². The summed E-state index contributed by atoms with van der Waals surface area (Å²) in [5.74, 6) is -0.0445. The summed E-state index contributed by atoms with van der Waals surface area (Å²) in [6, 6.07) is 5.40. The highest BCUT2D eigenvalue weighted by Gasteiger charge is 2.31. The number of nitrogens with zero attached hydrogens (tertiary/aromatic N) is 1. The number of ether oxygens (including phenoxy) is 1. The Bertz CT molecular complexity index is 499. The number of hydrogen-bond acceptors (Lipinski definition) is 3. The van der Waals surface area contributed by atoms with Gasteiger partial charge in [-0.05, 0) is 24.5 Å². The van der Waals surface area contributed by atoms with Gasteiger partial charge in [0, 0.05) is 20.1 Å². The molecule has 1 aliphatic rings. The quantitative estimate of drug-likeness (QED) is 0.905. The van der Waals surface area contributed by atoms with Crippen LogP contribution < -0.4 is 5.73 Å². The topological polar surface area (TPSA) is 55.6 Å². The van der Waals surface area contributed by atoms with E-state index < -0.39 is 6.10 Å². The van der Waals surface area contributed by atoms with Crippen LogP contribution in [0.1, 0.15) is 18.4 Å². The molecule has 1 fully saturated rings. The van der Waals surface area contributed by atoms with Crippen molar-refractivity contribution in [3.8, 4) is 0 Å². The van der Waals surface area contributed by atoms with E-state index in [1.54, 1.807) is 18.0 Å². The van der Waals surface area contributed by atoms with E-state index in [1.807, 2.05) is 12.1 Å². The number of halogens is 3. The first-order valence-corrected chi connectivity index (χ1v) is 7.32. The van der Waals surface area contributed by atoms with E-state index in [9.17, 15) is 4.79 Å². The van der Waals surface area contributed by atoms with Crippen LogP contribution in [0.3, 0.4) is 0 Å². The Morgan fingerprint density at radius 2 is 2.14 bits per heavy atom. The van der Waals surface area contributed by atoms with Gasteiger partial charge in [-0.2, -0.15) is 0 Å². The molecule has 0 unspecified atom stereocenters. The van der Waals surface area contributed by atoms with E-state index in [1.165, 1.54) is 0 Å². The van der Waals surface area contributed by atoms with Gasteiger partial charge in [0.05, 0.1) is 16.1 Å². The fraction of sp³-hybridized carbons (Fsp3) is 0.500. The number of nitrogens with two attached hydrogens (primary N) is 1. The van der Waals surface area contributed by atoms with Crippen molar-refractivity contribution in [2.75, 3.05) is 13.6 Å². The van der Waals surface area contributed by atoms with E-state index in [-0.39, 0.29) is 24.4 Å². The van der Waals surface area contributed by atoms with Crippen LogP contribution in [-0.4, -0.2) is 36.6 Å². The van der Waals surface area contributed by atoms with Crippen molar-refractivity contribution >= 4 is 41.5 Å². The van der Waals surface area contributed by atoms with Crippen LogP contribution in [0.5, 0.6) is 0 Å². The Morgan fingerprint density at radius 1 is 1.43 bits per heavy atom. The molecule has 2 atom stereocenters. The molecular formula is C14H19Cl3N2O2. The van der Waals surface area contributed by atoms with Crippen molar-refractivity contribution in [3.05, 3.63) is 33.8 Å². The maximum absolute atomic E-state index is 12.3. The second kappa shape index (κ2) is 8.20. The zero-order valence-corrected chi connectivity index (χ0v) is 14.0. The molecule has 4 nitrogen and oxygen atoms in total. The van der Waals surface area contributed by atoms with Gasteiger partial charge >= 0.3 is 0 Å². The molecule has 0 saturated carbocycles. The van der Waals surface area contributed by atoms with Crippen LogP contribution in [0.4, 0.5) is 0 Å². The summed E-state index contributed by atoms with van der Waals surface area (Å²) in [6.45, 7) is 0.860. The zero-order valence-electron chi connectivity index (χ0n) is 11.7. The van der Waals surface area contributed by atoms with E-state index in [0.29, 0.717) is 29.6 Å². The van der Waals surface area contributed by atoms with Crippen LogP contribution in [-0.2, 0) is 16.1 Å². The number of likely N-dealkylation sites (N-methyl/N-ethyl adjacent to an activating group) is 1. The Balaban J connectivity index is 0.00000220. The van der Waals surface area contributed by atoms with Gasteiger partial charge in [-0.1, -0.05) is 35.3 Å². The van der Waals surface area contributed by atoms with Crippen LogP contribution in [0.25, 0.3) is 0 Å². The smallest absolute Gasteiger partial charge is 0.251 e. The molecular weight excluding hydrogens is 335 g/mol. The van der Waals surface area contributed by atoms with Gasteiger partial charge in [0.2, 0.25) is 0 Å². The van der Waals surface area contributed by atoms with Crippen LogP contribution >= 0.6 is 35.6 Å². The minimum absolute atomic E-state index is 0. The third kappa shape index (κ3) is 4.47. The molecule has 1 heterocycles. The second-order valence-electron chi connectivity index (χ2n) is 4.97. The Morgan fingerprint density at radius 3 is 2.76 bits per heavy atom. The van der Waals surface area contributed by atoms with E-state index in [4.69, 9.17) is 33.7 Å². The predicted molar refractivity (Wildman–Crippen MR) is 87.1 cm³/mol. The van der Waals surface area contributed by atoms with Crippen molar-refractivity contribution in [1.29, 1.82) is 0 Å². The first-order chi connectivity index (χ1) is 9.52. The lowest BCUT2D eigenvalue weighted by Crippen LogP contribution is -2.36. The molecule has 118 valence electrons. The number of hydrogen-bond donors (Lipinski definition) is 1. The minimum Gasteiger partial charge on any atom is -0.364 e. The van der Waals surface area contributed by atoms with Crippen LogP contribution in [0.2, 0.25) is 10.0 Å². The maximum Gasteiger partial charge on any atom is 0.251 e. The van der Waals surface area contributed by atoms with Crippen molar-refractivity contribution in [2.24, 2.45) is 5.73 Å². The maximum atomic E-state index is 12.3. The van der Waals surface area contributed by atoms with Gasteiger partial charge < -0.3 is 15.4 Å². The van der Waals surface area contributed by atoms with Gasteiger partial charge in [0.15, 0.2) is 0 Å². The van der Waals surface area contributed by atoms with Gasteiger partial charge in [-0.25, -0.2) is 0 Å². The van der Waals surface area contributed by atoms with E-state index in [2.05, 4.69) is 0 Å². The highest BCUT2D eigenvalue weighted by Crippen LogP contribution is 2.27. The summed E-state index contributed by atoms with van der Waals surface area (Å²) < 4.78 is 5.61. The fourth-order valence-electron chi connectivity index (χ4n) is 2.31. The van der Waals surface area contributed by atoms with Crippen LogP contribution in [0, 0.1) is 0 Å².